The number of benzene rings is 1. The number of aryl methyl sites for hydroxylation is 2. The summed E-state index contributed by atoms with van der Waals surface area (Å²) in [6.45, 7) is 11.1. The van der Waals surface area contributed by atoms with E-state index < -0.39 is 30.2 Å². The number of imide groups is 1. The van der Waals surface area contributed by atoms with Crippen LogP contribution >= 0.6 is 0 Å². The molecule has 3 heterocycles. The SMILES string of the molecule is CC(=O)C(C)N1C(=O)C2C(N=C3N(c4ccc(C)c(C)c4)C(C)=C(C)N32)N(C)C1=O. The van der Waals surface area contributed by atoms with E-state index in [0.29, 0.717) is 5.96 Å². The highest BCUT2D eigenvalue weighted by molar-refractivity contribution is 6.11. The minimum Gasteiger partial charge on any atom is -0.302 e. The van der Waals surface area contributed by atoms with Crippen LogP contribution in [0.3, 0.4) is 0 Å². The van der Waals surface area contributed by atoms with Gasteiger partial charge in [0.2, 0.25) is 5.96 Å². The van der Waals surface area contributed by atoms with Gasteiger partial charge in [-0.3, -0.25) is 24.3 Å². The van der Waals surface area contributed by atoms with Crippen molar-refractivity contribution in [2.24, 2.45) is 4.99 Å². The molecule has 8 nitrogen and oxygen atoms in total. The molecule has 0 saturated carbocycles. The molecule has 0 bridgehead atoms. The van der Waals surface area contributed by atoms with Gasteiger partial charge in [0.15, 0.2) is 18.0 Å². The first-order chi connectivity index (χ1) is 14.1. The molecule has 0 N–H and O–H groups in total. The number of allylic oxidation sites excluding steroid dienone is 2. The Morgan fingerprint density at radius 2 is 1.73 bits per heavy atom. The first-order valence-electron chi connectivity index (χ1n) is 10.1. The van der Waals surface area contributed by atoms with E-state index in [1.54, 1.807) is 14.0 Å². The maximum atomic E-state index is 13.4. The number of hydrogen-bond acceptors (Lipinski definition) is 6. The molecular formula is C22H27N5O3. The molecular weight excluding hydrogens is 382 g/mol. The van der Waals surface area contributed by atoms with Crippen LogP contribution in [-0.4, -0.2) is 63.7 Å². The normalized spacial score (nSPS) is 24.4. The topological polar surface area (TPSA) is 76.5 Å². The number of likely N-dealkylation sites (N-methyl/N-ethyl adjacent to an activating group) is 1. The Hall–Kier alpha value is -3.16. The number of aliphatic imine (C=N–C) groups is 1. The Morgan fingerprint density at radius 1 is 1.07 bits per heavy atom. The van der Waals surface area contributed by atoms with Gasteiger partial charge in [-0.1, -0.05) is 6.07 Å². The van der Waals surface area contributed by atoms with Gasteiger partial charge in [-0.15, -0.1) is 0 Å². The number of rotatable bonds is 3. The van der Waals surface area contributed by atoms with Crippen molar-refractivity contribution in [2.45, 2.75) is 59.8 Å². The number of ketones is 1. The molecule has 1 aromatic carbocycles. The van der Waals surface area contributed by atoms with Gasteiger partial charge in [-0.25, -0.2) is 9.79 Å². The number of Topliss-reactive ketones (excluding diaryl/α,β-unsaturated/α-hetero) is 1. The molecule has 3 amide bonds. The second-order valence-electron chi connectivity index (χ2n) is 8.32. The summed E-state index contributed by atoms with van der Waals surface area (Å²) in [7, 11) is 1.63. The molecule has 3 aliphatic heterocycles. The molecule has 3 unspecified atom stereocenters. The number of fused-ring (bicyclic) bond motifs is 3. The summed E-state index contributed by atoms with van der Waals surface area (Å²) in [5.41, 5.74) is 5.21. The first kappa shape index (κ1) is 20.1. The molecule has 0 aliphatic carbocycles. The van der Waals surface area contributed by atoms with Crippen molar-refractivity contribution in [1.82, 2.24) is 14.7 Å². The summed E-state index contributed by atoms with van der Waals surface area (Å²) in [6, 6.07) is 4.20. The zero-order valence-electron chi connectivity index (χ0n) is 18.4. The number of guanidine groups is 1. The standard InChI is InChI=1S/C22H27N5O3/c1-11-8-9-17(10-12(11)2)25-13(3)14(4)26-18-19(23-21(25)26)24(7)22(30)27(20(18)29)15(5)16(6)28/h8-10,15,18-19H,1-7H3. The lowest BCUT2D eigenvalue weighted by molar-refractivity contribution is -0.142. The second-order valence-corrected chi connectivity index (χ2v) is 8.32. The fourth-order valence-corrected chi connectivity index (χ4v) is 4.29. The highest BCUT2D eigenvalue weighted by Gasteiger charge is 2.57. The second kappa shape index (κ2) is 6.68. The van der Waals surface area contributed by atoms with E-state index in [0.717, 1.165) is 27.5 Å². The van der Waals surface area contributed by atoms with Crippen LogP contribution in [0.25, 0.3) is 0 Å². The Morgan fingerprint density at radius 3 is 2.33 bits per heavy atom. The van der Waals surface area contributed by atoms with E-state index in [1.165, 1.54) is 17.4 Å². The van der Waals surface area contributed by atoms with Crippen LogP contribution in [-0.2, 0) is 9.59 Å². The lowest BCUT2D eigenvalue weighted by atomic mass is 10.1. The number of anilines is 1. The van der Waals surface area contributed by atoms with Crippen LogP contribution in [0.4, 0.5) is 10.5 Å². The number of amides is 3. The Balaban J connectivity index is 1.79. The van der Waals surface area contributed by atoms with Gasteiger partial charge in [0.25, 0.3) is 5.91 Å². The van der Waals surface area contributed by atoms with Crippen molar-refractivity contribution in [3.8, 4) is 0 Å². The van der Waals surface area contributed by atoms with Crippen LogP contribution in [0.2, 0.25) is 0 Å². The van der Waals surface area contributed by atoms with Crippen molar-refractivity contribution >= 4 is 29.4 Å². The van der Waals surface area contributed by atoms with E-state index in [4.69, 9.17) is 4.99 Å². The van der Waals surface area contributed by atoms with Gasteiger partial charge in [-0.2, -0.15) is 0 Å². The smallest absolute Gasteiger partial charge is 0.302 e. The molecule has 0 radical (unpaired) electrons. The summed E-state index contributed by atoms with van der Waals surface area (Å²) in [6.07, 6.45) is -0.632. The molecule has 3 aliphatic rings. The molecule has 3 atom stereocenters. The lowest BCUT2D eigenvalue weighted by Gasteiger charge is -2.42. The summed E-state index contributed by atoms with van der Waals surface area (Å²) in [4.78, 5) is 49.5. The third-order valence-corrected chi connectivity index (χ3v) is 6.56. The van der Waals surface area contributed by atoms with Gasteiger partial charge >= 0.3 is 6.03 Å². The molecule has 0 aromatic heterocycles. The van der Waals surface area contributed by atoms with E-state index in [9.17, 15) is 14.4 Å². The zero-order chi connectivity index (χ0) is 22.1. The monoisotopic (exact) mass is 409 g/mol. The van der Waals surface area contributed by atoms with Crippen molar-refractivity contribution in [1.29, 1.82) is 0 Å². The molecule has 8 heteroatoms. The molecule has 1 aromatic rings. The van der Waals surface area contributed by atoms with Crippen LogP contribution < -0.4 is 4.90 Å². The minimum absolute atomic E-state index is 0.232. The molecule has 1 saturated heterocycles. The van der Waals surface area contributed by atoms with Crippen LogP contribution in [0.5, 0.6) is 0 Å². The third-order valence-electron chi connectivity index (χ3n) is 6.56. The summed E-state index contributed by atoms with van der Waals surface area (Å²) in [5, 5.41) is 0. The number of carbonyl (C=O) groups excluding carboxylic acids is 3. The Labute approximate surface area is 176 Å². The van der Waals surface area contributed by atoms with Crippen molar-refractivity contribution in [2.75, 3.05) is 11.9 Å². The zero-order valence-corrected chi connectivity index (χ0v) is 18.4. The van der Waals surface area contributed by atoms with E-state index in [-0.39, 0.29) is 5.78 Å². The predicted octanol–water partition coefficient (Wildman–Crippen LogP) is 2.61. The maximum absolute atomic E-state index is 13.4. The average molecular weight is 409 g/mol. The van der Waals surface area contributed by atoms with E-state index in [2.05, 4.69) is 26.0 Å². The first-order valence-corrected chi connectivity index (χ1v) is 10.1. The largest absolute Gasteiger partial charge is 0.328 e. The van der Waals surface area contributed by atoms with Crippen molar-refractivity contribution in [3.05, 3.63) is 40.7 Å². The Bertz CT molecular complexity index is 1040. The number of nitrogens with zero attached hydrogens (tertiary/aromatic N) is 5. The van der Waals surface area contributed by atoms with E-state index in [1.807, 2.05) is 29.7 Å². The maximum Gasteiger partial charge on any atom is 0.328 e. The van der Waals surface area contributed by atoms with Gasteiger partial charge in [0.1, 0.15) is 0 Å². The third kappa shape index (κ3) is 2.59. The van der Waals surface area contributed by atoms with Gasteiger partial charge in [0.05, 0.1) is 6.04 Å². The summed E-state index contributed by atoms with van der Waals surface area (Å²) in [5.74, 6) is 0.0107. The lowest BCUT2D eigenvalue weighted by Crippen LogP contribution is -2.67. The van der Waals surface area contributed by atoms with Crippen LogP contribution in [0.15, 0.2) is 34.6 Å². The van der Waals surface area contributed by atoms with Crippen molar-refractivity contribution in [3.63, 3.8) is 0 Å². The highest BCUT2D eigenvalue weighted by atomic mass is 16.2. The number of hydrogen-bond donors (Lipinski definition) is 0. The molecule has 1 fully saturated rings. The number of urea groups is 1. The Kier molecular flexibility index (Phi) is 4.48. The summed E-state index contributed by atoms with van der Waals surface area (Å²) >= 11 is 0. The predicted molar refractivity (Wildman–Crippen MR) is 114 cm³/mol. The molecule has 0 spiro atoms. The highest BCUT2D eigenvalue weighted by Crippen LogP contribution is 2.40. The fraction of sp³-hybridized carbons (Fsp3) is 0.455. The van der Waals surface area contributed by atoms with Gasteiger partial charge in [0, 0.05) is 24.1 Å². The average Bonchev–Trinajstić information content (AvgIpc) is 3.18. The van der Waals surface area contributed by atoms with E-state index >= 15 is 0 Å². The minimum atomic E-state index is -0.818. The fourth-order valence-electron chi connectivity index (χ4n) is 4.29. The quantitative estimate of drug-likeness (QED) is 0.767. The van der Waals surface area contributed by atoms with Crippen LogP contribution in [0, 0.1) is 13.8 Å². The number of carbonyl (C=O) groups is 3. The van der Waals surface area contributed by atoms with Gasteiger partial charge in [-0.05, 0) is 64.8 Å². The molecule has 4 rings (SSSR count). The van der Waals surface area contributed by atoms with Crippen LogP contribution in [0.1, 0.15) is 38.8 Å². The summed E-state index contributed by atoms with van der Waals surface area (Å²) < 4.78 is 0. The van der Waals surface area contributed by atoms with Crippen molar-refractivity contribution < 1.29 is 14.4 Å². The van der Waals surface area contributed by atoms with Gasteiger partial charge < -0.3 is 4.90 Å². The molecule has 158 valence electrons. The molecule has 30 heavy (non-hydrogen) atoms.